The third kappa shape index (κ3) is 6.17. The minimum absolute atomic E-state index is 0.112. The molecule has 1 rings (SSSR count). The molecule has 0 radical (unpaired) electrons. The number of thiophene rings is 1. The molecule has 0 aliphatic heterocycles. The maximum absolute atomic E-state index is 11.8. The second kappa shape index (κ2) is 7.70. The van der Waals surface area contributed by atoms with Gasteiger partial charge >= 0.3 is 5.97 Å². The van der Waals surface area contributed by atoms with E-state index < -0.39 is 5.97 Å². The van der Waals surface area contributed by atoms with E-state index in [9.17, 15) is 9.59 Å². The van der Waals surface area contributed by atoms with Crippen molar-refractivity contribution >= 4 is 29.3 Å². The zero-order valence-corrected chi connectivity index (χ0v) is 11.9. The molecule has 0 spiro atoms. The summed E-state index contributed by atoms with van der Waals surface area (Å²) in [5, 5.41) is 11.4. The molecule has 0 saturated carbocycles. The first kappa shape index (κ1) is 15.4. The summed E-state index contributed by atoms with van der Waals surface area (Å²) in [6, 6.07) is 3.44. The molecule has 0 bridgehead atoms. The summed E-state index contributed by atoms with van der Waals surface area (Å²) in [6.45, 7) is 1.56. The Labute approximate surface area is 116 Å². The van der Waals surface area contributed by atoms with Gasteiger partial charge in [-0.05, 0) is 45.3 Å². The van der Waals surface area contributed by atoms with Crippen LogP contribution < -0.4 is 5.32 Å². The zero-order valence-electron chi connectivity index (χ0n) is 11.0. The van der Waals surface area contributed by atoms with Gasteiger partial charge in [-0.1, -0.05) is 0 Å². The standard InChI is InChI=1S/C13H18N2O3S/c1-15(2)9-3-8-14-13(18)11-6-4-10(19-11)5-7-12(16)17/h4-7H,3,8-9H2,1-2H3,(H,14,18)(H,16,17). The van der Waals surface area contributed by atoms with Crippen molar-refractivity contribution in [2.45, 2.75) is 6.42 Å². The molecule has 1 aromatic rings. The highest BCUT2D eigenvalue weighted by atomic mass is 32.1. The lowest BCUT2D eigenvalue weighted by atomic mass is 10.3. The number of nitrogens with zero attached hydrogens (tertiary/aromatic N) is 1. The lowest BCUT2D eigenvalue weighted by Gasteiger charge is -2.09. The lowest BCUT2D eigenvalue weighted by molar-refractivity contribution is -0.131. The van der Waals surface area contributed by atoms with Crippen LogP contribution in [0.1, 0.15) is 21.0 Å². The molecule has 0 fully saturated rings. The summed E-state index contributed by atoms with van der Waals surface area (Å²) in [5.74, 6) is -1.11. The van der Waals surface area contributed by atoms with Crippen molar-refractivity contribution in [2.75, 3.05) is 27.2 Å². The number of hydrogen-bond acceptors (Lipinski definition) is 4. The maximum atomic E-state index is 11.8. The van der Waals surface area contributed by atoms with Crippen LogP contribution >= 0.6 is 11.3 Å². The monoisotopic (exact) mass is 282 g/mol. The topological polar surface area (TPSA) is 69.6 Å². The number of rotatable bonds is 7. The minimum atomic E-state index is -0.997. The predicted molar refractivity (Wildman–Crippen MR) is 76.5 cm³/mol. The summed E-state index contributed by atoms with van der Waals surface area (Å²) < 4.78 is 0. The van der Waals surface area contributed by atoms with Gasteiger partial charge in [-0.15, -0.1) is 11.3 Å². The summed E-state index contributed by atoms with van der Waals surface area (Å²) >= 11 is 1.27. The Morgan fingerprint density at radius 1 is 1.42 bits per heavy atom. The van der Waals surface area contributed by atoms with E-state index in [0.29, 0.717) is 11.4 Å². The SMILES string of the molecule is CN(C)CCCNC(=O)c1ccc(C=CC(=O)O)s1. The molecular formula is C13H18N2O3S. The molecular weight excluding hydrogens is 264 g/mol. The van der Waals surface area contributed by atoms with Crippen molar-refractivity contribution in [3.63, 3.8) is 0 Å². The van der Waals surface area contributed by atoms with Crippen LogP contribution in [0.4, 0.5) is 0 Å². The van der Waals surface area contributed by atoms with E-state index in [1.807, 2.05) is 14.1 Å². The Hall–Kier alpha value is -1.66. The molecule has 1 heterocycles. The number of amides is 1. The molecule has 0 atom stereocenters. The van der Waals surface area contributed by atoms with E-state index >= 15 is 0 Å². The molecule has 0 unspecified atom stereocenters. The van der Waals surface area contributed by atoms with E-state index in [2.05, 4.69) is 10.2 Å². The van der Waals surface area contributed by atoms with Crippen LogP contribution in [-0.2, 0) is 4.79 Å². The molecule has 0 aromatic carbocycles. The number of carboxylic acids is 1. The van der Waals surface area contributed by atoms with E-state index in [1.165, 1.54) is 17.4 Å². The summed E-state index contributed by atoms with van der Waals surface area (Å²) in [5.41, 5.74) is 0. The largest absolute Gasteiger partial charge is 0.478 e. The van der Waals surface area contributed by atoms with Gasteiger partial charge in [0, 0.05) is 17.5 Å². The van der Waals surface area contributed by atoms with Gasteiger partial charge in [0.2, 0.25) is 0 Å². The summed E-state index contributed by atoms with van der Waals surface area (Å²) in [7, 11) is 3.98. The minimum Gasteiger partial charge on any atom is -0.478 e. The number of hydrogen-bond donors (Lipinski definition) is 2. The first-order chi connectivity index (χ1) is 8.99. The highest BCUT2D eigenvalue weighted by Crippen LogP contribution is 2.17. The Morgan fingerprint density at radius 3 is 2.79 bits per heavy atom. The molecule has 0 aliphatic rings. The molecule has 1 amide bonds. The molecule has 0 aliphatic carbocycles. The quantitative estimate of drug-likeness (QED) is 0.588. The fourth-order valence-electron chi connectivity index (χ4n) is 1.40. The Morgan fingerprint density at radius 2 is 2.16 bits per heavy atom. The molecule has 104 valence electrons. The number of nitrogens with one attached hydrogen (secondary N) is 1. The van der Waals surface area contributed by atoms with Crippen LogP contribution in [0.5, 0.6) is 0 Å². The summed E-state index contributed by atoms with van der Waals surface area (Å²) in [4.78, 5) is 25.6. The second-order valence-electron chi connectivity index (χ2n) is 4.29. The van der Waals surface area contributed by atoms with Crippen LogP contribution in [0, 0.1) is 0 Å². The van der Waals surface area contributed by atoms with E-state index in [0.717, 1.165) is 23.9 Å². The average molecular weight is 282 g/mol. The fourth-order valence-corrected chi connectivity index (χ4v) is 2.23. The van der Waals surface area contributed by atoms with Gasteiger partial charge in [0.1, 0.15) is 0 Å². The van der Waals surface area contributed by atoms with Gasteiger partial charge in [0.25, 0.3) is 5.91 Å². The van der Waals surface area contributed by atoms with Gasteiger partial charge in [0.15, 0.2) is 0 Å². The van der Waals surface area contributed by atoms with Gasteiger partial charge in [-0.2, -0.15) is 0 Å². The summed E-state index contributed by atoms with van der Waals surface area (Å²) in [6.07, 6.45) is 3.44. The smallest absolute Gasteiger partial charge is 0.328 e. The molecule has 19 heavy (non-hydrogen) atoms. The first-order valence-electron chi connectivity index (χ1n) is 5.93. The first-order valence-corrected chi connectivity index (χ1v) is 6.74. The van der Waals surface area contributed by atoms with Crippen LogP contribution in [-0.4, -0.2) is 49.1 Å². The second-order valence-corrected chi connectivity index (χ2v) is 5.40. The number of aliphatic carboxylic acids is 1. The van der Waals surface area contributed by atoms with Crippen molar-refractivity contribution in [3.8, 4) is 0 Å². The molecule has 1 aromatic heterocycles. The van der Waals surface area contributed by atoms with Crippen molar-refractivity contribution < 1.29 is 14.7 Å². The van der Waals surface area contributed by atoms with E-state index in [-0.39, 0.29) is 5.91 Å². The highest BCUT2D eigenvalue weighted by molar-refractivity contribution is 7.14. The number of carboxylic acid groups (broad SMARTS) is 1. The van der Waals surface area contributed by atoms with Crippen molar-refractivity contribution in [3.05, 3.63) is 28.0 Å². The molecule has 0 saturated heterocycles. The molecule has 6 heteroatoms. The Kier molecular flexibility index (Phi) is 6.24. The van der Waals surface area contributed by atoms with E-state index in [1.54, 1.807) is 12.1 Å². The Balaban J connectivity index is 2.43. The Bertz CT molecular complexity index is 466. The van der Waals surface area contributed by atoms with Crippen LogP contribution in [0.3, 0.4) is 0 Å². The number of carbonyl (C=O) groups excluding carboxylic acids is 1. The highest BCUT2D eigenvalue weighted by Gasteiger charge is 2.07. The van der Waals surface area contributed by atoms with Gasteiger partial charge < -0.3 is 15.3 Å². The third-order valence-electron chi connectivity index (χ3n) is 2.31. The van der Waals surface area contributed by atoms with Gasteiger partial charge in [-0.25, -0.2) is 4.79 Å². The van der Waals surface area contributed by atoms with E-state index in [4.69, 9.17) is 5.11 Å². The predicted octanol–water partition coefficient (Wildman–Crippen LogP) is 1.53. The van der Waals surface area contributed by atoms with Gasteiger partial charge in [-0.3, -0.25) is 4.79 Å². The van der Waals surface area contributed by atoms with Crippen LogP contribution in [0.2, 0.25) is 0 Å². The van der Waals surface area contributed by atoms with Gasteiger partial charge in [0.05, 0.1) is 4.88 Å². The third-order valence-corrected chi connectivity index (χ3v) is 3.36. The zero-order chi connectivity index (χ0) is 14.3. The lowest BCUT2D eigenvalue weighted by Crippen LogP contribution is -2.26. The van der Waals surface area contributed by atoms with Crippen molar-refractivity contribution in [2.24, 2.45) is 0 Å². The number of carbonyl (C=O) groups is 2. The molecule has 2 N–H and O–H groups in total. The average Bonchev–Trinajstić information content (AvgIpc) is 2.80. The van der Waals surface area contributed by atoms with Crippen molar-refractivity contribution in [1.82, 2.24) is 10.2 Å². The fraction of sp³-hybridized carbons (Fsp3) is 0.385. The normalized spacial score (nSPS) is 11.1. The van der Waals surface area contributed by atoms with Crippen LogP contribution in [0.15, 0.2) is 18.2 Å². The van der Waals surface area contributed by atoms with Crippen molar-refractivity contribution in [1.29, 1.82) is 0 Å². The molecule has 5 nitrogen and oxygen atoms in total. The maximum Gasteiger partial charge on any atom is 0.328 e. The van der Waals surface area contributed by atoms with Crippen LogP contribution in [0.25, 0.3) is 6.08 Å².